The van der Waals surface area contributed by atoms with E-state index in [-0.39, 0.29) is 12.5 Å². The first kappa shape index (κ1) is 15.6. The normalized spacial score (nSPS) is 25.4. The molecule has 0 atom stereocenters. The van der Waals surface area contributed by atoms with Gasteiger partial charge in [-0.3, -0.25) is 4.79 Å². The van der Waals surface area contributed by atoms with E-state index < -0.39 is 11.6 Å². The lowest BCUT2D eigenvalue weighted by Gasteiger charge is -2.34. The summed E-state index contributed by atoms with van der Waals surface area (Å²) in [6.45, 7) is 0.205. The molecule has 1 aliphatic carbocycles. The summed E-state index contributed by atoms with van der Waals surface area (Å²) in [4.78, 5) is 12.9. The zero-order valence-electron chi connectivity index (χ0n) is 12.6. The highest BCUT2D eigenvalue weighted by atomic mass is 16.5. The summed E-state index contributed by atoms with van der Waals surface area (Å²) in [5.74, 6) is -0.381. The van der Waals surface area contributed by atoms with E-state index in [0.29, 0.717) is 25.7 Å². The van der Waals surface area contributed by atoms with Crippen LogP contribution in [0, 0.1) is 5.92 Å². The highest BCUT2D eigenvalue weighted by molar-refractivity contribution is 5.70. The molecule has 1 aromatic carbocycles. The van der Waals surface area contributed by atoms with Crippen molar-refractivity contribution in [2.75, 3.05) is 25.6 Å². The number of nitrogens with zero attached hydrogens (tertiary/aromatic N) is 1. The molecule has 0 spiro atoms. The fraction of sp³-hybridized carbons (Fsp3) is 0.562. The number of hydrogen-bond donors (Lipinski definition) is 2. The number of benzene rings is 1. The second-order valence-electron chi connectivity index (χ2n) is 6.02. The van der Waals surface area contributed by atoms with Crippen molar-refractivity contribution >= 4 is 11.7 Å². The largest absolute Gasteiger partial charge is 0.491 e. The van der Waals surface area contributed by atoms with Crippen LogP contribution < -0.4 is 9.64 Å². The van der Waals surface area contributed by atoms with Crippen molar-refractivity contribution in [1.29, 1.82) is 0 Å². The number of hydrogen-bond acceptors (Lipinski definition) is 4. The number of ether oxygens (including phenoxy) is 1. The number of carbonyl (C=O) groups is 1. The van der Waals surface area contributed by atoms with Crippen LogP contribution in [0.1, 0.15) is 25.7 Å². The van der Waals surface area contributed by atoms with Crippen molar-refractivity contribution in [3.8, 4) is 5.75 Å². The van der Waals surface area contributed by atoms with Crippen LogP contribution in [0.3, 0.4) is 0 Å². The summed E-state index contributed by atoms with van der Waals surface area (Å²) in [7, 11) is 3.92. The summed E-state index contributed by atoms with van der Waals surface area (Å²) in [5.41, 5.74) is 0.120. The summed E-state index contributed by atoms with van der Waals surface area (Å²) in [5, 5.41) is 19.5. The molecule has 0 saturated heterocycles. The van der Waals surface area contributed by atoms with Gasteiger partial charge in [0.25, 0.3) is 0 Å². The SMILES string of the molecule is CN(C)c1cccc(OCC2(O)CCC(C(=O)O)CC2)c1. The van der Waals surface area contributed by atoms with Gasteiger partial charge in [0.15, 0.2) is 0 Å². The van der Waals surface area contributed by atoms with Crippen LogP contribution in [-0.4, -0.2) is 42.5 Å². The Hall–Kier alpha value is -1.75. The van der Waals surface area contributed by atoms with Gasteiger partial charge in [0.2, 0.25) is 0 Å². The molecule has 1 aromatic rings. The average Bonchev–Trinajstić information content (AvgIpc) is 2.46. The highest BCUT2D eigenvalue weighted by Crippen LogP contribution is 2.33. The topological polar surface area (TPSA) is 70.0 Å². The van der Waals surface area contributed by atoms with Gasteiger partial charge < -0.3 is 19.8 Å². The number of rotatable bonds is 5. The first-order chi connectivity index (χ1) is 9.89. The lowest BCUT2D eigenvalue weighted by Crippen LogP contribution is -2.41. The number of aliphatic carboxylic acids is 1. The zero-order valence-corrected chi connectivity index (χ0v) is 12.6. The number of aliphatic hydroxyl groups is 1. The first-order valence-corrected chi connectivity index (χ1v) is 7.25. The van der Waals surface area contributed by atoms with Gasteiger partial charge in [-0.2, -0.15) is 0 Å². The summed E-state index contributed by atoms with van der Waals surface area (Å²) in [6.07, 6.45) is 1.95. The molecule has 116 valence electrons. The van der Waals surface area contributed by atoms with Crippen LogP contribution in [0.2, 0.25) is 0 Å². The fourth-order valence-electron chi connectivity index (χ4n) is 2.62. The van der Waals surface area contributed by atoms with Gasteiger partial charge in [-0.15, -0.1) is 0 Å². The quantitative estimate of drug-likeness (QED) is 0.870. The molecule has 21 heavy (non-hydrogen) atoms. The zero-order chi connectivity index (χ0) is 15.5. The minimum Gasteiger partial charge on any atom is -0.491 e. The molecule has 0 radical (unpaired) electrons. The van der Waals surface area contributed by atoms with E-state index in [2.05, 4.69) is 0 Å². The molecule has 0 aromatic heterocycles. The van der Waals surface area contributed by atoms with Crippen LogP contribution in [-0.2, 0) is 4.79 Å². The average molecular weight is 293 g/mol. The second-order valence-corrected chi connectivity index (χ2v) is 6.02. The van der Waals surface area contributed by atoms with Crippen molar-refractivity contribution < 1.29 is 19.7 Å². The molecule has 0 heterocycles. The molecular formula is C16H23NO4. The van der Waals surface area contributed by atoms with Gasteiger partial charge in [0, 0.05) is 25.8 Å². The van der Waals surface area contributed by atoms with E-state index in [0.717, 1.165) is 11.4 Å². The molecule has 0 amide bonds. The van der Waals surface area contributed by atoms with Gasteiger partial charge in [-0.25, -0.2) is 0 Å². The molecule has 5 heteroatoms. The molecule has 1 fully saturated rings. The lowest BCUT2D eigenvalue weighted by atomic mass is 9.79. The van der Waals surface area contributed by atoms with Crippen molar-refractivity contribution in [1.82, 2.24) is 0 Å². The van der Waals surface area contributed by atoms with Crippen molar-refractivity contribution in [3.05, 3.63) is 24.3 Å². The van der Waals surface area contributed by atoms with E-state index in [1.807, 2.05) is 43.3 Å². The summed E-state index contributed by atoms with van der Waals surface area (Å²) in [6, 6.07) is 7.68. The van der Waals surface area contributed by atoms with E-state index in [1.54, 1.807) is 0 Å². The van der Waals surface area contributed by atoms with Gasteiger partial charge in [0.05, 0.1) is 11.5 Å². The maximum absolute atomic E-state index is 10.9. The maximum atomic E-state index is 10.9. The van der Waals surface area contributed by atoms with E-state index in [4.69, 9.17) is 9.84 Å². The van der Waals surface area contributed by atoms with Crippen LogP contribution in [0.5, 0.6) is 5.75 Å². The van der Waals surface area contributed by atoms with Crippen molar-refractivity contribution in [2.24, 2.45) is 5.92 Å². The third kappa shape index (κ3) is 4.11. The van der Waals surface area contributed by atoms with Gasteiger partial charge in [-0.05, 0) is 37.8 Å². The highest BCUT2D eigenvalue weighted by Gasteiger charge is 2.36. The second kappa shape index (κ2) is 6.35. The van der Waals surface area contributed by atoms with E-state index in [1.165, 1.54) is 0 Å². The predicted octanol–water partition coefficient (Wildman–Crippen LogP) is 2.14. The van der Waals surface area contributed by atoms with Gasteiger partial charge in [0.1, 0.15) is 12.4 Å². The third-order valence-corrected chi connectivity index (χ3v) is 4.11. The van der Waals surface area contributed by atoms with Crippen LogP contribution >= 0.6 is 0 Å². The Kier molecular flexibility index (Phi) is 4.73. The van der Waals surface area contributed by atoms with E-state index in [9.17, 15) is 9.90 Å². The monoisotopic (exact) mass is 293 g/mol. The predicted molar refractivity (Wildman–Crippen MR) is 80.8 cm³/mol. The Labute approximate surface area is 125 Å². The molecule has 0 aliphatic heterocycles. The van der Waals surface area contributed by atoms with Crippen LogP contribution in [0.25, 0.3) is 0 Å². The maximum Gasteiger partial charge on any atom is 0.306 e. The van der Waals surface area contributed by atoms with Gasteiger partial charge >= 0.3 is 5.97 Å². The third-order valence-electron chi connectivity index (χ3n) is 4.11. The molecule has 2 rings (SSSR count). The fourth-order valence-corrected chi connectivity index (χ4v) is 2.62. The number of anilines is 1. The number of carboxylic acid groups (broad SMARTS) is 1. The summed E-state index contributed by atoms with van der Waals surface area (Å²) < 4.78 is 5.71. The lowest BCUT2D eigenvalue weighted by molar-refractivity contribution is -0.145. The Bertz CT molecular complexity index is 493. The standard InChI is InChI=1S/C16H23NO4/c1-17(2)13-4-3-5-14(10-13)21-11-16(20)8-6-12(7-9-16)15(18)19/h3-5,10,12,20H,6-9,11H2,1-2H3,(H,18,19). The van der Waals surface area contributed by atoms with Crippen molar-refractivity contribution in [2.45, 2.75) is 31.3 Å². The molecule has 1 aliphatic rings. The molecular weight excluding hydrogens is 270 g/mol. The molecule has 5 nitrogen and oxygen atoms in total. The Morgan fingerprint density at radius 3 is 2.62 bits per heavy atom. The van der Waals surface area contributed by atoms with Crippen LogP contribution in [0.4, 0.5) is 5.69 Å². The minimum absolute atomic E-state index is 0.205. The molecule has 0 bridgehead atoms. The number of carboxylic acids is 1. The Morgan fingerprint density at radius 2 is 2.05 bits per heavy atom. The molecule has 0 unspecified atom stereocenters. The smallest absolute Gasteiger partial charge is 0.306 e. The van der Waals surface area contributed by atoms with Gasteiger partial charge in [-0.1, -0.05) is 6.07 Å². The Balaban J connectivity index is 1.91. The first-order valence-electron chi connectivity index (χ1n) is 7.25. The molecule has 2 N–H and O–H groups in total. The minimum atomic E-state index is -0.917. The Morgan fingerprint density at radius 1 is 1.38 bits per heavy atom. The molecule has 1 saturated carbocycles. The summed E-state index contributed by atoms with van der Waals surface area (Å²) >= 11 is 0. The van der Waals surface area contributed by atoms with E-state index >= 15 is 0 Å². The van der Waals surface area contributed by atoms with Crippen LogP contribution in [0.15, 0.2) is 24.3 Å². The van der Waals surface area contributed by atoms with Crippen molar-refractivity contribution in [3.63, 3.8) is 0 Å².